The molecule has 0 saturated heterocycles. The molecule has 2 aromatic rings. The molecule has 6 heteroatoms. The Morgan fingerprint density at radius 2 is 2.36 bits per heavy atom. The fourth-order valence-electron chi connectivity index (χ4n) is 3.10. The molecule has 0 spiro atoms. The third-order valence-corrected chi connectivity index (χ3v) is 5.44. The zero-order valence-electron chi connectivity index (χ0n) is 12.9. The third kappa shape index (κ3) is 2.79. The number of anilines is 1. The van der Waals surface area contributed by atoms with Gasteiger partial charge in [-0.2, -0.15) is 0 Å². The molecule has 0 aromatic carbocycles. The zero-order chi connectivity index (χ0) is 15.7. The number of hydrogen-bond donors (Lipinski definition) is 2. The lowest BCUT2D eigenvalue weighted by atomic mass is 9.89. The molecule has 1 aliphatic carbocycles. The monoisotopic (exact) mass is 319 g/mol. The summed E-state index contributed by atoms with van der Waals surface area (Å²) in [5, 5.41) is 13.5. The van der Waals surface area contributed by atoms with Crippen LogP contribution in [0, 0.1) is 5.92 Å². The quantitative estimate of drug-likeness (QED) is 0.882. The lowest BCUT2D eigenvalue weighted by Crippen LogP contribution is -2.29. The summed E-state index contributed by atoms with van der Waals surface area (Å²) in [5.41, 5.74) is 1.32. The first-order chi connectivity index (χ1) is 10.6. The maximum atomic E-state index is 11.4. The number of carboxylic acid groups (broad SMARTS) is 1. The van der Waals surface area contributed by atoms with Crippen molar-refractivity contribution in [3.63, 3.8) is 0 Å². The Kier molecular flexibility index (Phi) is 4.29. The van der Waals surface area contributed by atoms with Gasteiger partial charge in [-0.3, -0.25) is 0 Å². The predicted molar refractivity (Wildman–Crippen MR) is 88.6 cm³/mol. The molecule has 0 saturated carbocycles. The highest BCUT2D eigenvalue weighted by molar-refractivity contribution is 7.19. The van der Waals surface area contributed by atoms with Crippen molar-refractivity contribution in [2.45, 2.75) is 52.0 Å². The third-order valence-electron chi connectivity index (χ3n) is 4.28. The largest absolute Gasteiger partial charge is 0.480 e. The summed E-state index contributed by atoms with van der Waals surface area (Å²) in [4.78, 5) is 22.5. The van der Waals surface area contributed by atoms with E-state index in [1.165, 1.54) is 23.2 Å². The fraction of sp³-hybridized carbons (Fsp3) is 0.562. The van der Waals surface area contributed by atoms with Crippen LogP contribution in [0.1, 0.15) is 43.6 Å². The number of hydrogen-bond acceptors (Lipinski definition) is 5. The van der Waals surface area contributed by atoms with Crippen LogP contribution in [0.25, 0.3) is 10.2 Å². The summed E-state index contributed by atoms with van der Waals surface area (Å²) in [6.45, 7) is 4.26. The molecule has 0 fully saturated rings. The number of aliphatic carboxylic acids is 1. The van der Waals surface area contributed by atoms with Crippen LogP contribution in [0.4, 0.5) is 5.82 Å². The van der Waals surface area contributed by atoms with Crippen molar-refractivity contribution in [2.75, 3.05) is 5.32 Å². The average molecular weight is 319 g/mol. The molecule has 0 aliphatic heterocycles. The van der Waals surface area contributed by atoms with Gasteiger partial charge in [0.25, 0.3) is 0 Å². The Bertz CT molecular complexity index is 698. The Balaban J connectivity index is 2.01. The zero-order valence-corrected chi connectivity index (χ0v) is 13.7. The minimum absolute atomic E-state index is 0.587. The molecule has 2 aromatic heterocycles. The minimum Gasteiger partial charge on any atom is -0.480 e. The van der Waals surface area contributed by atoms with Crippen LogP contribution < -0.4 is 5.32 Å². The molecule has 1 aliphatic rings. The van der Waals surface area contributed by atoms with Crippen LogP contribution in [0.3, 0.4) is 0 Å². The van der Waals surface area contributed by atoms with Crippen molar-refractivity contribution in [2.24, 2.45) is 5.92 Å². The molecule has 0 radical (unpaired) electrons. The van der Waals surface area contributed by atoms with E-state index in [9.17, 15) is 9.90 Å². The topological polar surface area (TPSA) is 75.1 Å². The van der Waals surface area contributed by atoms with Gasteiger partial charge < -0.3 is 10.4 Å². The van der Waals surface area contributed by atoms with E-state index < -0.39 is 12.0 Å². The van der Waals surface area contributed by atoms with E-state index in [2.05, 4.69) is 22.2 Å². The van der Waals surface area contributed by atoms with E-state index in [1.54, 1.807) is 11.3 Å². The first-order valence-corrected chi connectivity index (χ1v) is 8.66. The lowest BCUT2D eigenvalue weighted by molar-refractivity contribution is -0.138. The van der Waals surface area contributed by atoms with Crippen molar-refractivity contribution in [3.05, 3.63) is 16.8 Å². The van der Waals surface area contributed by atoms with Crippen molar-refractivity contribution in [1.29, 1.82) is 0 Å². The summed E-state index contributed by atoms with van der Waals surface area (Å²) in [6.07, 6.45) is 6.23. The minimum atomic E-state index is -0.827. The Labute approximate surface area is 133 Å². The molecule has 0 amide bonds. The van der Waals surface area contributed by atoms with E-state index in [0.29, 0.717) is 18.2 Å². The standard InChI is InChI=1S/C16H21N3O2S/c1-3-4-11(16(20)21)19-14-13-10-6-5-9(2)7-12(10)22-15(13)18-8-17-14/h8-9,11H,3-7H2,1-2H3,(H,20,21)(H,17,18,19). The molecule has 2 unspecified atom stereocenters. The molecular weight excluding hydrogens is 298 g/mol. The summed E-state index contributed by atoms with van der Waals surface area (Å²) < 4.78 is 0. The number of carboxylic acids is 1. The second-order valence-electron chi connectivity index (χ2n) is 6.08. The number of aromatic nitrogens is 2. The van der Waals surface area contributed by atoms with Crippen molar-refractivity contribution >= 4 is 33.3 Å². The number of nitrogens with one attached hydrogen (secondary N) is 1. The highest BCUT2D eigenvalue weighted by atomic mass is 32.1. The van der Waals surface area contributed by atoms with Gasteiger partial charge in [0.15, 0.2) is 0 Å². The van der Waals surface area contributed by atoms with Gasteiger partial charge in [0.05, 0.1) is 5.39 Å². The van der Waals surface area contributed by atoms with Crippen molar-refractivity contribution < 1.29 is 9.90 Å². The molecular formula is C16H21N3O2S. The molecule has 22 heavy (non-hydrogen) atoms. The van der Waals surface area contributed by atoms with Crippen LogP contribution >= 0.6 is 11.3 Å². The molecule has 0 bridgehead atoms. The summed E-state index contributed by atoms with van der Waals surface area (Å²) in [5.74, 6) is 0.557. The number of fused-ring (bicyclic) bond motifs is 3. The summed E-state index contributed by atoms with van der Waals surface area (Å²) >= 11 is 1.73. The van der Waals surface area contributed by atoms with Crippen molar-refractivity contribution in [3.8, 4) is 0 Å². The maximum Gasteiger partial charge on any atom is 0.326 e. The Morgan fingerprint density at radius 3 is 3.09 bits per heavy atom. The van der Waals surface area contributed by atoms with Crippen molar-refractivity contribution in [1.82, 2.24) is 9.97 Å². The molecule has 2 atom stereocenters. The molecule has 118 valence electrons. The van der Waals surface area contributed by atoms with E-state index in [1.807, 2.05) is 6.92 Å². The molecule has 5 nitrogen and oxygen atoms in total. The fourth-order valence-corrected chi connectivity index (χ4v) is 4.45. The highest BCUT2D eigenvalue weighted by Crippen LogP contribution is 2.39. The van der Waals surface area contributed by atoms with Crippen LogP contribution in [0.5, 0.6) is 0 Å². The normalized spacial score (nSPS) is 18.9. The number of thiophene rings is 1. The first-order valence-electron chi connectivity index (χ1n) is 7.84. The van der Waals surface area contributed by atoms with Crippen LogP contribution in [0.2, 0.25) is 0 Å². The molecule has 2 N–H and O–H groups in total. The summed E-state index contributed by atoms with van der Waals surface area (Å²) in [6, 6.07) is -0.596. The van der Waals surface area contributed by atoms with E-state index in [-0.39, 0.29) is 0 Å². The van der Waals surface area contributed by atoms with Crippen LogP contribution in [0.15, 0.2) is 6.33 Å². The first kappa shape index (κ1) is 15.2. The second-order valence-corrected chi connectivity index (χ2v) is 7.16. The van der Waals surface area contributed by atoms with Gasteiger partial charge in [0.1, 0.15) is 23.0 Å². The SMILES string of the molecule is CCCC(Nc1ncnc2sc3c(c12)CCC(C)C3)C(=O)O. The Morgan fingerprint density at radius 1 is 1.55 bits per heavy atom. The van der Waals surface area contributed by atoms with Gasteiger partial charge in [0.2, 0.25) is 0 Å². The number of aryl methyl sites for hydroxylation is 1. The van der Waals surface area contributed by atoms with E-state index >= 15 is 0 Å². The number of carbonyl (C=O) groups is 1. The number of rotatable bonds is 5. The maximum absolute atomic E-state index is 11.4. The molecule has 3 rings (SSSR count). The van der Waals surface area contributed by atoms with Gasteiger partial charge in [-0.25, -0.2) is 14.8 Å². The van der Waals surface area contributed by atoms with Gasteiger partial charge in [-0.05, 0) is 37.2 Å². The van der Waals surface area contributed by atoms with Crippen LogP contribution in [-0.2, 0) is 17.6 Å². The van der Waals surface area contributed by atoms with Gasteiger partial charge >= 0.3 is 5.97 Å². The van der Waals surface area contributed by atoms with Gasteiger partial charge in [-0.15, -0.1) is 11.3 Å². The lowest BCUT2D eigenvalue weighted by Gasteiger charge is -2.19. The van der Waals surface area contributed by atoms with Gasteiger partial charge in [-0.1, -0.05) is 20.3 Å². The average Bonchev–Trinajstić information content (AvgIpc) is 2.84. The predicted octanol–water partition coefficient (Wildman–Crippen LogP) is 3.48. The molecule has 2 heterocycles. The Hall–Kier alpha value is -1.69. The van der Waals surface area contributed by atoms with Crippen LogP contribution in [-0.4, -0.2) is 27.1 Å². The highest BCUT2D eigenvalue weighted by Gasteiger charge is 2.25. The second kappa shape index (κ2) is 6.20. The van der Waals surface area contributed by atoms with E-state index in [0.717, 1.165) is 29.5 Å². The van der Waals surface area contributed by atoms with E-state index in [4.69, 9.17) is 0 Å². The smallest absolute Gasteiger partial charge is 0.326 e. The number of nitrogens with zero attached hydrogens (tertiary/aromatic N) is 2. The van der Waals surface area contributed by atoms with Gasteiger partial charge in [0, 0.05) is 4.88 Å². The summed E-state index contributed by atoms with van der Waals surface area (Å²) in [7, 11) is 0.